The molecule has 0 saturated heterocycles. The highest BCUT2D eigenvalue weighted by Crippen LogP contribution is 2.15. The molecule has 1 heterocycles. The zero-order chi connectivity index (χ0) is 13.0. The molecule has 7 nitrogen and oxygen atoms in total. The zero-order valence-electron chi connectivity index (χ0n) is 9.15. The Bertz CT molecular complexity index is 484. The van der Waals surface area contributed by atoms with Crippen LogP contribution in [0.4, 0.5) is 5.69 Å². The molecule has 0 aliphatic rings. The number of amides is 1. The summed E-state index contributed by atoms with van der Waals surface area (Å²) in [5.74, 6) is -1.93. The number of pyridine rings is 1. The summed E-state index contributed by atoms with van der Waals surface area (Å²) in [6.45, 7) is 1.36. The number of nitrogens with one attached hydrogen (secondary N) is 2. The first-order valence-electron chi connectivity index (χ1n) is 4.73. The molecule has 0 saturated carbocycles. The SMILES string of the molecule is Cc1cc(C(=N)C(N)=O)c(NCC(=O)O)cn1. The Morgan fingerprint density at radius 3 is 2.76 bits per heavy atom. The fourth-order valence-electron chi connectivity index (χ4n) is 1.21. The number of carbonyl (C=O) groups is 2. The van der Waals surface area contributed by atoms with Crippen LogP contribution in [0.5, 0.6) is 0 Å². The minimum atomic E-state index is -1.05. The summed E-state index contributed by atoms with van der Waals surface area (Å²) in [6, 6.07) is 1.50. The third-order valence-electron chi connectivity index (χ3n) is 1.99. The molecule has 90 valence electrons. The van der Waals surface area contributed by atoms with E-state index in [4.69, 9.17) is 16.2 Å². The van der Waals surface area contributed by atoms with Gasteiger partial charge in [0.05, 0.1) is 11.9 Å². The third-order valence-corrected chi connectivity index (χ3v) is 1.99. The first-order chi connectivity index (χ1) is 7.91. The summed E-state index contributed by atoms with van der Waals surface area (Å²) in [6.07, 6.45) is 1.37. The second-order valence-electron chi connectivity index (χ2n) is 3.36. The van der Waals surface area contributed by atoms with E-state index in [0.717, 1.165) is 0 Å². The van der Waals surface area contributed by atoms with E-state index in [1.165, 1.54) is 12.3 Å². The number of carboxylic acid groups (broad SMARTS) is 1. The molecule has 1 aromatic rings. The van der Waals surface area contributed by atoms with Gasteiger partial charge in [-0.25, -0.2) is 0 Å². The highest BCUT2D eigenvalue weighted by Gasteiger charge is 2.14. The Kier molecular flexibility index (Phi) is 3.76. The van der Waals surface area contributed by atoms with Gasteiger partial charge in [-0.3, -0.25) is 20.0 Å². The van der Waals surface area contributed by atoms with Crippen LogP contribution in [0.1, 0.15) is 11.3 Å². The summed E-state index contributed by atoms with van der Waals surface area (Å²) in [4.78, 5) is 25.3. The Morgan fingerprint density at radius 1 is 1.59 bits per heavy atom. The van der Waals surface area contributed by atoms with Gasteiger partial charge in [-0.05, 0) is 13.0 Å². The van der Waals surface area contributed by atoms with E-state index < -0.39 is 11.9 Å². The molecule has 1 amide bonds. The van der Waals surface area contributed by atoms with Crippen LogP contribution in [-0.2, 0) is 9.59 Å². The largest absolute Gasteiger partial charge is 0.480 e. The highest BCUT2D eigenvalue weighted by atomic mass is 16.4. The minimum Gasteiger partial charge on any atom is -0.480 e. The Labute approximate surface area is 97.2 Å². The van der Waals surface area contributed by atoms with E-state index in [9.17, 15) is 9.59 Å². The van der Waals surface area contributed by atoms with Crippen molar-refractivity contribution in [3.05, 3.63) is 23.5 Å². The summed E-state index contributed by atoms with van der Waals surface area (Å²) in [5, 5.41) is 18.6. The molecule has 0 radical (unpaired) electrons. The van der Waals surface area contributed by atoms with Gasteiger partial charge in [0.15, 0.2) is 0 Å². The van der Waals surface area contributed by atoms with Gasteiger partial charge in [-0.2, -0.15) is 0 Å². The van der Waals surface area contributed by atoms with Gasteiger partial charge >= 0.3 is 5.97 Å². The molecular formula is C10H12N4O3. The molecule has 0 bridgehead atoms. The quantitative estimate of drug-likeness (QED) is 0.523. The number of hydrogen-bond donors (Lipinski definition) is 4. The Morgan fingerprint density at radius 2 is 2.24 bits per heavy atom. The molecule has 0 aromatic carbocycles. The first-order valence-corrected chi connectivity index (χ1v) is 4.73. The molecule has 0 spiro atoms. The lowest BCUT2D eigenvalue weighted by Gasteiger charge is -2.10. The number of primary amides is 1. The molecule has 7 heteroatoms. The average molecular weight is 236 g/mol. The van der Waals surface area contributed by atoms with E-state index in [0.29, 0.717) is 11.4 Å². The number of nitrogens with zero attached hydrogens (tertiary/aromatic N) is 1. The van der Waals surface area contributed by atoms with Crippen molar-refractivity contribution >= 4 is 23.3 Å². The third kappa shape index (κ3) is 3.26. The summed E-state index contributed by atoms with van der Waals surface area (Å²) in [7, 11) is 0. The van der Waals surface area contributed by atoms with Crippen molar-refractivity contribution in [1.82, 2.24) is 4.98 Å². The molecule has 0 atom stereocenters. The van der Waals surface area contributed by atoms with E-state index >= 15 is 0 Å². The number of aliphatic carboxylic acids is 1. The molecule has 1 aromatic heterocycles. The van der Waals surface area contributed by atoms with E-state index in [1.54, 1.807) is 6.92 Å². The van der Waals surface area contributed by atoms with Crippen molar-refractivity contribution in [3.63, 3.8) is 0 Å². The van der Waals surface area contributed by atoms with Crippen LogP contribution in [0.3, 0.4) is 0 Å². The lowest BCUT2D eigenvalue weighted by atomic mass is 10.1. The van der Waals surface area contributed by atoms with E-state index in [1.807, 2.05) is 0 Å². The summed E-state index contributed by atoms with van der Waals surface area (Å²) in [5.41, 5.74) is 5.77. The maximum absolute atomic E-state index is 10.9. The van der Waals surface area contributed by atoms with Crippen LogP contribution in [-0.4, -0.2) is 34.2 Å². The number of carbonyl (C=O) groups excluding carboxylic acids is 1. The van der Waals surface area contributed by atoms with Gasteiger partial charge in [-0.15, -0.1) is 0 Å². The molecule has 17 heavy (non-hydrogen) atoms. The molecule has 5 N–H and O–H groups in total. The van der Waals surface area contributed by atoms with Crippen LogP contribution >= 0.6 is 0 Å². The number of anilines is 1. The summed E-state index contributed by atoms with van der Waals surface area (Å²) >= 11 is 0. The van der Waals surface area contributed by atoms with Crippen LogP contribution in [0.25, 0.3) is 0 Å². The fourth-order valence-corrected chi connectivity index (χ4v) is 1.21. The van der Waals surface area contributed by atoms with Gasteiger partial charge < -0.3 is 16.2 Å². The second-order valence-corrected chi connectivity index (χ2v) is 3.36. The topological polar surface area (TPSA) is 129 Å². The standard InChI is InChI=1S/C10H12N4O3/c1-5-2-6(9(11)10(12)17)7(3-13-5)14-4-8(15)16/h2-3,11,14H,4H2,1H3,(H2,12,17)(H,15,16). The smallest absolute Gasteiger partial charge is 0.322 e. The average Bonchev–Trinajstić information content (AvgIpc) is 2.26. The van der Waals surface area contributed by atoms with Crippen molar-refractivity contribution in [2.45, 2.75) is 6.92 Å². The number of aryl methyl sites for hydroxylation is 1. The fraction of sp³-hybridized carbons (Fsp3) is 0.200. The van der Waals surface area contributed by atoms with E-state index in [2.05, 4.69) is 10.3 Å². The molecule has 1 rings (SSSR count). The van der Waals surface area contributed by atoms with Crippen molar-refractivity contribution < 1.29 is 14.7 Å². The Hall–Kier alpha value is -2.44. The van der Waals surface area contributed by atoms with Crippen LogP contribution in [0.2, 0.25) is 0 Å². The van der Waals surface area contributed by atoms with Gasteiger partial charge in [0, 0.05) is 11.3 Å². The number of carboxylic acids is 1. The lowest BCUT2D eigenvalue weighted by Crippen LogP contribution is -2.25. The maximum Gasteiger partial charge on any atom is 0.322 e. The van der Waals surface area contributed by atoms with Crippen molar-refractivity contribution in [1.29, 1.82) is 5.41 Å². The van der Waals surface area contributed by atoms with Gasteiger partial charge in [0.1, 0.15) is 12.3 Å². The Balaban J connectivity index is 3.07. The van der Waals surface area contributed by atoms with Gasteiger partial charge in [0.2, 0.25) is 0 Å². The van der Waals surface area contributed by atoms with Crippen molar-refractivity contribution in [3.8, 4) is 0 Å². The molecule has 0 fully saturated rings. The zero-order valence-corrected chi connectivity index (χ0v) is 9.15. The van der Waals surface area contributed by atoms with Gasteiger partial charge in [0.25, 0.3) is 5.91 Å². The molecular weight excluding hydrogens is 224 g/mol. The van der Waals surface area contributed by atoms with Crippen LogP contribution in [0.15, 0.2) is 12.3 Å². The number of hydrogen-bond acceptors (Lipinski definition) is 5. The summed E-state index contributed by atoms with van der Waals surface area (Å²) < 4.78 is 0. The van der Waals surface area contributed by atoms with Crippen LogP contribution < -0.4 is 11.1 Å². The number of rotatable bonds is 5. The second kappa shape index (κ2) is 5.06. The van der Waals surface area contributed by atoms with Gasteiger partial charge in [-0.1, -0.05) is 0 Å². The molecule has 0 unspecified atom stereocenters. The molecule has 0 aliphatic carbocycles. The van der Waals surface area contributed by atoms with E-state index in [-0.39, 0.29) is 17.8 Å². The predicted molar refractivity (Wildman–Crippen MR) is 61.1 cm³/mol. The van der Waals surface area contributed by atoms with Crippen molar-refractivity contribution in [2.75, 3.05) is 11.9 Å². The number of aromatic nitrogens is 1. The maximum atomic E-state index is 10.9. The highest BCUT2D eigenvalue weighted by molar-refractivity contribution is 6.44. The predicted octanol–water partition coefficient (Wildman–Crippen LogP) is -0.260. The normalized spacial score (nSPS) is 9.71. The lowest BCUT2D eigenvalue weighted by molar-refractivity contribution is -0.134. The number of nitrogens with two attached hydrogens (primary N) is 1. The van der Waals surface area contributed by atoms with Crippen molar-refractivity contribution in [2.24, 2.45) is 5.73 Å². The monoisotopic (exact) mass is 236 g/mol. The minimum absolute atomic E-state index is 0.242. The molecule has 0 aliphatic heterocycles. The first kappa shape index (κ1) is 12.6. The van der Waals surface area contributed by atoms with Crippen LogP contribution in [0, 0.1) is 12.3 Å².